The number of nitrogens with zero attached hydrogens (tertiary/aromatic N) is 1. The third-order valence-corrected chi connectivity index (χ3v) is 3.91. The van der Waals surface area contributed by atoms with Crippen LogP contribution in [-0.2, 0) is 14.3 Å². The minimum atomic E-state index is -0.379. The summed E-state index contributed by atoms with van der Waals surface area (Å²) in [5.41, 5.74) is 0. The Hall–Kier alpha value is -0.650. The molecule has 5 nitrogen and oxygen atoms in total. The molecular weight excluding hydrogens is 244 g/mol. The van der Waals surface area contributed by atoms with Crippen LogP contribution in [0.15, 0.2) is 0 Å². The fourth-order valence-corrected chi connectivity index (χ4v) is 2.66. The lowest BCUT2D eigenvalue weighted by Gasteiger charge is -2.37. The van der Waals surface area contributed by atoms with Crippen molar-refractivity contribution in [3.05, 3.63) is 0 Å². The molecule has 1 N–H and O–H groups in total. The van der Waals surface area contributed by atoms with Crippen LogP contribution < -0.4 is 5.32 Å². The maximum atomic E-state index is 12.0. The molecule has 0 atom stereocenters. The number of carbonyl (C=O) groups is 1. The lowest BCUT2D eigenvalue weighted by molar-refractivity contribution is -0.187. The van der Waals surface area contributed by atoms with E-state index < -0.39 is 0 Å². The van der Waals surface area contributed by atoms with E-state index in [-0.39, 0.29) is 11.7 Å². The van der Waals surface area contributed by atoms with Crippen molar-refractivity contribution in [3.63, 3.8) is 0 Å². The van der Waals surface area contributed by atoms with Crippen molar-refractivity contribution in [2.24, 2.45) is 0 Å². The molecule has 2 saturated heterocycles. The minimum absolute atomic E-state index is 0.247. The van der Waals surface area contributed by atoms with Crippen LogP contribution in [0.5, 0.6) is 0 Å². The van der Waals surface area contributed by atoms with E-state index in [0.717, 1.165) is 39.0 Å². The lowest BCUT2D eigenvalue weighted by Crippen LogP contribution is -2.47. The smallest absolute Gasteiger partial charge is 0.223 e. The van der Waals surface area contributed by atoms with Crippen molar-refractivity contribution >= 4 is 5.91 Å². The third-order valence-electron chi connectivity index (χ3n) is 3.91. The molecule has 0 aliphatic carbocycles. The van der Waals surface area contributed by atoms with Gasteiger partial charge in [0, 0.05) is 38.9 Å². The number of nitrogens with one attached hydrogen (secondary N) is 1. The SMILES string of the molecule is CCCCNCCC(=O)N1CCC2(CC1)OCCO2. The van der Waals surface area contributed by atoms with E-state index >= 15 is 0 Å². The molecule has 0 aromatic carbocycles. The summed E-state index contributed by atoms with van der Waals surface area (Å²) >= 11 is 0. The average Bonchev–Trinajstić information content (AvgIpc) is 2.87. The van der Waals surface area contributed by atoms with Gasteiger partial charge in [-0.1, -0.05) is 13.3 Å². The molecule has 0 saturated carbocycles. The summed E-state index contributed by atoms with van der Waals surface area (Å²) in [7, 11) is 0. The first kappa shape index (κ1) is 14.8. The minimum Gasteiger partial charge on any atom is -0.347 e. The van der Waals surface area contributed by atoms with E-state index in [1.165, 1.54) is 12.8 Å². The predicted octanol–water partition coefficient (Wildman–Crippen LogP) is 1.13. The van der Waals surface area contributed by atoms with Crippen molar-refractivity contribution in [2.45, 2.75) is 44.8 Å². The van der Waals surface area contributed by atoms with Crippen LogP contribution in [0.2, 0.25) is 0 Å². The number of unbranched alkanes of at least 4 members (excludes halogenated alkanes) is 1. The van der Waals surface area contributed by atoms with E-state index in [1.807, 2.05) is 4.90 Å². The Balaban J connectivity index is 1.62. The molecule has 2 fully saturated rings. The van der Waals surface area contributed by atoms with Gasteiger partial charge in [-0.2, -0.15) is 0 Å². The second-order valence-electron chi connectivity index (χ2n) is 5.34. The number of hydrogen-bond donors (Lipinski definition) is 1. The van der Waals surface area contributed by atoms with E-state index in [4.69, 9.17) is 9.47 Å². The summed E-state index contributed by atoms with van der Waals surface area (Å²) in [5.74, 6) is -0.132. The van der Waals surface area contributed by atoms with Crippen LogP contribution in [0.25, 0.3) is 0 Å². The normalized spacial score (nSPS) is 22.1. The van der Waals surface area contributed by atoms with Crippen molar-refractivity contribution in [3.8, 4) is 0 Å². The zero-order valence-electron chi connectivity index (χ0n) is 12.0. The van der Waals surface area contributed by atoms with E-state index in [2.05, 4.69) is 12.2 Å². The van der Waals surface area contributed by atoms with E-state index in [1.54, 1.807) is 0 Å². The highest BCUT2D eigenvalue weighted by Crippen LogP contribution is 2.31. The molecule has 5 heteroatoms. The van der Waals surface area contributed by atoms with Gasteiger partial charge < -0.3 is 19.7 Å². The Bertz CT molecular complexity index is 280. The Morgan fingerprint density at radius 2 is 1.89 bits per heavy atom. The predicted molar refractivity (Wildman–Crippen MR) is 72.8 cm³/mol. The standard InChI is InChI=1S/C14H26N2O3/c1-2-3-7-15-8-4-13(17)16-9-5-14(6-10-16)18-11-12-19-14/h15H,2-12H2,1H3. The highest BCUT2D eigenvalue weighted by molar-refractivity contribution is 5.76. The molecule has 2 aliphatic rings. The zero-order valence-corrected chi connectivity index (χ0v) is 12.0. The largest absolute Gasteiger partial charge is 0.347 e. The number of piperidine rings is 1. The van der Waals surface area contributed by atoms with Crippen molar-refractivity contribution in [1.82, 2.24) is 10.2 Å². The first-order valence-corrected chi connectivity index (χ1v) is 7.52. The Morgan fingerprint density at radius 1 is 1.21 bits per heavy atom. The summed E-state index contributed by atoms with van der Waals surface area (Å²) in [4.78, 5) is 14.0. The number of amides is 1. The van der Waals surface area contributed by atoms with Crippen LogP contribution >= 0.6 is 0 Å². The quantitative estimate of drug-likeness (QED) is 0.735. The first-order valence-electron chi connectivity index (χ1n) is 7.52. The number of carbonyl (C=O) groups excluding carboxylic acids is 1. The van der Waals surface area contributed by atoms with E-state index in [9.17, 15) is 4.79 Å². The van der Waals surface area contributed by atoms with Gasteiger partial charge in [0.05, 0.1) is 13.2 Å². The zero-order chi connectivity index (χ0) is 13.6. The van der Waals surface area contributed by atoms with Gasteiger partial charge in [0.1, 0.15) is 0 Å². The maximum absolute atomic E-state index is 12.0. The molecule has 2 rings (SSSR count). The average molecular weight is 270 g/mol. The van der Waals surface area contributed by atoms with Gasteiger partial charge in [-0.25, -0.2) is 0 Å². The number of likely N-dealkylation sites (tertiary alicyclic amines) is 1. The van der Waals surface area contributed by atoms with Crippen molar-refractivity contribution in [1.29, 1.82) is 0 Å². The molecule has 2 heterocycles. The Morgan fingerprint density at radius 3 is 2.53 bits per heavy atom. The van der Waals surface area contributed by atoms with Crippen LogP contribution in [0.1, 0.15) is 39.0 Å². The Labute approximate surface area is 115 Å². The highest BCUT2D eigenvalue weighted by atomic mass is 16.7. The van der Waals surface area contributed by atoms with E-state index in [0.29, 0.717) is 19.6 Å². The highest BCUT2D eigenvalue weighted by Gasteiger charge is 2.40. The molecule has 0 unspecified atom stereocenters. The van der Waals surface area contributed by atoms with Gasteiger partial charge in [-0.3, -0.25) is 4.79 Å². The van der Waals surface area contributed by atoms with Gasteiger partial charge in [-0.05, 0) is 13.0 Å². The fourth-order valence-electron chi connectivity index (χ4n) is 2.66. The monoisotopic (exact) mass is 270 g/mol. The van der Waals surface area contributed by atoms with Crippen LogP contribution in [0, 0.1) is 0 Å². The van der Waals surface area contributed by atoms with Gasteiger partial charge in [0.2, 0.25) is 5.91 Å². The van der Waals surface area contributed by atoms with Crippen molar-refractivity contribution in [2.75, 3.05) is 39.4 Å². The molecule has 0 aromatic rings. The fraction of sp³-hybridized carbons (Fsp3) is 0.929. The molecule has 1 amide bonds. The molecule has 2 aliphatic heterocycles. The summed E-state index contributed by atoms with van der Waals surface area (Å²) in [6.07, 6.45) is 4.58. The molecule has 1 spiro atoms. The number of hydrogen-bond acceptors (Lipinski definition) is 4. The van der Waals surface area contributed by atoms with Gasteiger partial charge in [0.25, 0.3) is 0 Å². The van der Waals surface area contributed by atoms with Crippen LogP contribution in [0.4, 0.5) is 0 Å². The molecule has 0 radical (unpaired) electrons. The number of rotatable bonds is 6. The molecule has 110 valence electrons. The topological polar surface area (TPSA) is 50.8 Å². The van der Waals surface area contributed by atoms with Gasteiger partial charge in [0.15, 0.2) is 5.79 Å². The summed E-state index contributed by atoms with van der Waals surface area (Å²) in [6.45, 7) is 6.86. The van der Waals surface area contributed by atoms with Gasteiger partial charge >= 0.3 is 0 Å². The Kier molecular flexibility index (Phi) is 5.60. The van der Waals surface area contributed by atoms with Gasteiger partial charge in [-0.15, -0.1) is 0 Å². The third kappa shape index (κ3) is 4.16. The summed E-state index contributed by atoms with van der Waals surface area (Å²) < 4.78 is 11.3. The molecule has 19 heavy (non-hydrogen) atoms. The lowest BCUT2D eigenvalue weighted by atomic mass is 10.0. The second kappa shape index (κ2) is 7.22. The summed E-state index contributed by atoms with van der Waals surface area (Å²) in [6, 6.07) is 0. The number of ether oxygens (including phenoxy) is 2. The molecule has 0 aromatic heterocycles. The first-order chi connectivity index (χ1) is 9.26. The van der Waals surface area contributed by atoms with Crippen LogP contribution in [0.3, 0.4) is 0 Å². The summed E-state index contributed by atoms with van der Waals surface area (Å²) in [5, 5.41) is 3.31. The second-order valence-corrected chi connectivity index (χ2v) is 5.34. The maximum Gasteiger partial charge on any atom is 0.223 e. The molecular formula is C14H26N2O3. The molecule has 0 bridgehead atoms. The van der Waals surface area contributed by atoms with Crippen molar-refractivity contribution < 1.29 is 14.3 Å². The van der Waals surface area contributed by atoms with Crippen LogP contribution in [-0.4, -0.2) is 56.0 Å².